The van der Waals surface area contributed by atoms with E-state index in [2.05, 4.69) is 11.6 Å². The summed E-state index contributed by atoms with van der Waals surface area (Å²) in [7, 11) is -2.08. The second-order valence-corrected chi connectivity index (χ2v) is 7.64. The first-order chi connectivity index (χ1) is 11.5. The Labute approximate surface area is 142 Å². The third kappa shape index (κ3) is 2.95. The van der Waals surface area contributed by atoms with Gasteiger partial charge in [0.1, 0.15) is 0 Å². The first-order valence-electron chi connectivity index (χ1n) is 7.93. The average Bonchev–Trinajstić information content (AvgIpc) is 3.04. The van der Waals surface area contributed by atoms with Crippen LogP contribution in [0.1, 0.15) is 28.4 Å². The first kappa shape index (κ1) is 16.7. The number of benzene rings is 2. The predicted molar refractivity (Wildman–Crippen MR) is 93.9 cm³/mol. The highest BCUT2D eigenvalue weighted by atomic mass is 32.2. The molecule has 0 spiro atoms. The molecule has 0 unspecified atom stereocenters. The molecule has 3 rings (SSSR count). The van der Waals surface area contributed by atoms with E-state index in [1.807, 2.05) is 24.3 Å². The maximum atomic E-state index is 12.7. The zero-order valence-electron chi connectivity index (χ0n) is 13.7. The van der Waals surface area contributed by atoms with Gasteiger partial charge in [0.25, 0.3) is 5.91 Å². The number of fused-ring (bicyclic) bond motifs is 1. The Bertz CT molecular complexity index is 874. The summed E-state index contributed by atoms with van der Waals surface area (Å²) >= 11 is 0. The molecule has 1 amide bonds. The Balaban J connectivity index is 1.90. The van der Waals surface area contributed by atoms with Crippen LogP contribution in [-0.4, -0.2) is 27.9 Å². The largest absolute Gasteiger partial charge is 0.308 e. The summed E-state index contributed by atoms with van der Waals surface area (Å²) < 4.78 is 26.1. The quantitative estimate of drug-likeness (QED) is 0.926. The first-order valence-corrected chi connectivity index (χ1v) is 9.42. The molecule has 0 atom stereocenters. The Morgan fingerprint density at radius 1 is 1.17 bits per heavy atom. The van der Waals surface area contributed by atoms with E-state index in [0.717, 1.165) is 17.7 Å². The zero-order chi connectivity index (χ0) is 17.3. The van der Waals surface area contributed by atoms with Crippen molar-refractivity contribution < 1.29 is 13.2 Å². The second-order valence-electron chi connectivity index (χ2n) is 5.76. The fraction of sp³-hybridized carbons (Fsp3) is 0.278. The van der Waals surface area contributed by atoms with E-state index < -0.39 is 10.0 Å². The van der Waals surface area contributed by atoms with Gasteiger partial charge in [-0.1, -0.05) is 19.1 Å². The summed E-state index contributed by atoms with van der Waals surface area (Å²) in [6.07, 6.45) is 1.59. The van der Waals surface area contributed by atoms with Crippen LogP contribution in [0.25, 0.3) is 0 Å². The third-order valence-corrected chi connectivity index (χ3v) is 5.79. The molecule has 0 aromatic heterocycles. The lowest BCUT2D eigenvalue weighted by Crippen LogP contribution is -2.28. The molecular weight excluding hydrogens is 324 g/mol. The van der Waals surface area contributed by atoms with Gasteiger partial charge in [-0.3, -0.25) is 4.79 Å². The van der Waals surface area contributed by atoms with Crippen molar-refractivity contribution in [3.63, 3.8) is 0 Å². The number of amides is 1. The number of aryl methyl sites for hydroxylation is 1. The molecule has 6 heteroatoms. The Morgan fingerprint density at radius 2 is 1.88 bits per heavy atom. The third-order valence-electron chi connectivity index (χ3n) is 4.38. The lowest BCUT2D eigenvalue weighted by atomic mass is 10.1. The maximum absolute atomic E-state index is 12.7. The number of sulfonamides is 1. The van der Waals surface area contributed by atoms with Crippen LogP contribution in [0.3, 0.4) is 0 Å². The Kier molecular flexibility index (Phi) is 4.43. The molecule has 126 valence electrons. The molecule has 1 aliphatic heterocycles. The fourth-order valence-corrected chi connectivity index (χ4v) is 3.69. The van der Waals surface area contributed by atoms with Gasteiger partial charge >= 0.3 is 0 Å². The van der Waals surface area contributed by atoms with Gasteiger partial charge in [0.05, 0.1) is 4.90 Å². The zero-order valence-corrected chi connectivity index (χ0v) is 14.6. The van der Waals surface area contributed by atoms with Crippen LogP contribution in [0, 0.1) is 0 Å². The maximum Gasteiger partial charge on any atom is 0.258 e. The van der Waals surface area contributed by atoms with Crippen LogP contribution in [0.2, 0.25) is 0 Å². The van der Waals surface area contributed by atoms with E-state index in [9.17, 15) is 13.2 Å². The number of rotatable bonds is 4. The summed E-state index contributed by atoms with van der Waals surface area (Å²) in [5.41, 5.74) is 3.50. The Morgan fingerprint density at radius 3 is 2.50 bits per heavy atom. The predicted octanol–water partition coefficient (Wildman–Crippen LogP) is 2.36. The molecule has 0 saturated heterocycles. The summed E-state index contributed by atoms with van der Waals surface area (Å²) in [6, 6.07) is 12.5. The molecule has 2 aromatic carbocycles. The smallest absolute Gasteiger partial charge is 0.258 e. The number of carbonyl (C=O) groups is 1. The van der Waals surface area contributed by atoms with Crippen LogP contribution >= 0.6 is 0 Å². The van der Waals surface area contributed by atoms with Crippen molar-refractivity contribution in [2.45, 2.75) is 24.7 Å². The normalized spacial score (nSPS) is 13.8. The summed E-state index contributed by atoms with van der Waals surface area (Å²) in [6.45, 7) is 2.64. The van der Waals surface area contributed by atoms with Crippen molar-refractivity contribution in [2.24, 2.45) is 0 Å². The summed E-state index contributed by atoms with van der Waals surface area (Å²) in [4.78, 5) is 14.7. The van der Waals surface area contributed by atoms with E-state index in [1.165, 1.54) is 18.7 Å². The van der Waals surface area contributed by atoms with Gasteiger partial charge in [-0.25, -0.2) is 13.1 Å². The molecule has 1 aliphatic rings. The molecule has 0 fully saturated rings. The highest BCUT2D eigenvalue weighted by Crippen LogP contribution is 2.31. The standard InChI is InChI=1S/C18H20N2O3S/c1-3-13-4-6-14(7-5-13)18(21)20-11-10-15-12-16(8-9-17(15)20)24(22,23)19-2/h4-9,12,19H,3,10-11H2,1-2H3. The monoisotopic (exact) mass is 344 g/mol. The van der Waals surface area contributed by atoms with E-state index in [0.29, 0.717) is 18.5 Å². The van der Waals surface area contributed by atoms with Gasteiger partial charge in [0.15, 0.2) is 0 Å². The van der Waals surface area contributed by atoms with Crippen LogP contribution in [0.5, 0.6) is 0 Å². The molecule has 24 heavy (non-hydrogen) atoms. The molecule has 1 N–H and O–H groups in total. The van der Waals surface area contributed by atoms with Crippen molar-refractivity contribution in [3.05, 3.63) is 59.2 Å². The van der Waals surface area contributed by atoms with Crippen molar-refractivity contribution in [1.82, 2.24) is 4.72 Å². The molecule has 1 heterocycles. The van der Waals surface area contributed by atoms with Crippen LogP contribution < -0.4 is 9.62 Å². The number of nitrogens with one attached hydrogen (secondary N) is 1. The molecule has 5 nitrogen and oxygen atoms in total. The fourth-order valence-electron chi connectivity index (χ4n) is 2.91. The molecular formula is C18H20N2O3S. The minimum absolute atomic E-state index is 0.0550. The molecule has 2 aromatic rings. The molecule has 0 radical (unpaired) electrons. The lowest BCUT2D eigenvalue weighted by molar-refractivity contribution is 0.0989. The minimum atomic E-state index is -3.47. The average molecular weight is 344 g/mol. The minimum Gasteiger partial charge on any atom is -0.308 e. The highest BCUT2D eigenvalue weighted by molar-refractivity contribution is 7.89. The van der Waals surface area contributed by atoms with Crippen molar-refractivity contribution in [2.75, 3.05) is 18.5 Å². The van der Waals surface area contributed by atoms with Gasteiger partial charge in [-0.15, -0.1) is 0 Å². The number of hydrogen-bond acceptors (Lipinski definition) is 3. The van der Waals surface area contributed by atoms with Gasteiger partial charge in [0.2, 0.25) is 10.0 Å². The SMILES string of the molecule is CCc1ccc(C(=O)N2CCc3cc(S(=O)(=O)NC)ccc32)cc1. The number of anilines is 1. The van der Waals surface area contributed by atoms with Gasteiger partial charge in [-0.2, -0.15) is 0 Å². The van der Waals surface area contributed by atoms with Gasteiger partial charge in [0, 0.05) is 17.8 Å². The number of hydrogen-bond donors (Lipinski definition) is 1. The molecule has 0 bridgehead atoms. The molecule has 0 aliphatic carbocycles. The highest BCUT2D eigenvalue weighted by Gasteiger charge is 2.27. The summed E-state index contributed by atoms with van der Waals surface area (Å²) in [5.74, 6) is -0.0550. The Hall–Kier alpha value is -2.18. The van der Waals surface area contributed by atoms with Crippen molar-refractivity contribution in [3.8, 4) is 0 Å². The number of carbonyl (C=O) groups excluding carboxylic acids is 1. The van der Waals surface area contributed by atoms with Crippen LogP contribution in [0.4, 0.5) is 5.69 Å². The second kappa shape index (κ2) is 6.37. The number of nitrogens with zero attached hydrogens (tertiary/aromatic N) is 1. The van der Waals surface area contributed by atoms with Crippen molar-refractivity contribution >= 4 is 21.6 Å². The van der Waals surface area contributed by atoms with Gasteiger partial charge < -0.3 is 4.90 Å². The van der Waals surface area contributed by atoms with E-state index >= 15 is 0 Å². The van der Waals surface area contributed by atoms with E-state index in [-0.39, 0.29) is 10.8 Å². The molecule has 0 saturated carbocycles. The van der Waals surface area contributed by atoms with E-state index in [1.54, 1.807) is 17.0 Å². The van der Waals surface area contributed by atoms with E-state index in [4.69, 9.17) is 0 Å². The summed E-state index contributed by atoms with van der Waals surface area (Å²) in [5, 5.41) is 0. The topological polar surface area (TPSA) is 66.5 Å². The van der Waals surface area contributed by atoms with Gasteiger partial charge in [-0.05, 0) is 61.3 Å². The van der Waals surface area contributed by atoms with Crippen LogP contribution in [-0.2, 0) is 22.9 Å². The van der Waals surface area contributed by atoms with Crippen LogP contribution in [0.15, 0.2) is 47.4 Å². The lowest BCUT2D eigenvalue weighted by Gasteiger charge is -2.18. The van der Waals surface area contributed by atoms with Crippen molar-refractivity contribution in [1.29, 1.82) is 0 Å².